The molecule has 0 spiro atoms. The van der Waals surface area contributed by atoms with Crippen LogP contribution in [0.4, 0.5) is 5.82 Å². The Morgan fingerprint density at radius 3 is 2.90 bits per heavy atom. The number of fused-ring (bicyclic) bond motifs is 1. The summed E-state index contributed by atoms with van der Waals surface area (Å²) in [5.74, 6) is 0.960. The molecule has 1 unspecified atom stereocenters. The van der Waals surface area contributed by atoms with E-state index in [0.29, 0.717) is 18.5 Å². The van der Waals surface area contributed by atoms with E-state index < -0.39 is 8.07 Å². The van der Waals surface area contributed by atoms with Crippen LogP contribution in [0.3, 0.4) is 0 Å². The fourth-order valence-electron chi connectivity index (χ4n) is 3.79. The third kappa shape index (κ3) is 4.88. The maximum Gasteiger partial charge on any atom is 0.160 e. The van der Waals surface area contributed by atoms with Crippen LogP contribution in [-0.4, -0.2) is 47.3 Å². The normalized spacial score (nSPS) is 17.5. The molecule has 1 atom stereocenters. The van der Waals surface area contributed by atoms with Gasteiger partial charge < -0.3 is 20.4 Å². The summed E-state index contributed by atoms with van der Waals surface area (Å²) in [5, 5.41) is 3.46. The molecular formula is C22H32N6OSi. The molecule has 1 aliphatic rings. The van der Waals surface area contributed by atoms with Gasteiger partial charge in [0.15, 0.2) is 5.65 Å². The van der Waals surface area contributed by atoms with Gasteiger partial charge in [-0.15, -0.1) is 0 Å². The molecule has 1 saturated heterocycles. The van der Waals surface area contributed by atoms with Crippen LogP contribution in [0.1, 0.15) is 24.3 Å². The number of piperidine rings is 1. The molecule has 4 heterocycles. The van der Waals surface area contributed by atoms with E-state index in [4.69, 9.17) is 15.5 Å². The van der Waals surface area contributed by atoms with Crippen LogP contribution in [0.2, 0.25) is 25.7 Å². The van der Waals surface area contributed by atoms with E-state index in [2.05, 4.69) is 41.0 Å². The fraction of sp³-hybridized carbons (Fsp3) is 0.500. The Hall–Kier alpha value is -2.29. The van der Waals surface area contributed by atoms with Crippen LogP contribution in [0.5, 0.6) is 0 Å². The molecule has 0 aliphatic carbocycles. The van der Waals surface area contributed by atoms with Crippen molar-refractivity contribution >= 4 is 25.1 Å². The summed E-state index contributed by atoms with van der Waals surface area (Å²) >= 11 is 0. The van der Waals surface area contributed by atoms with Gasteiger partial charge in [0.25, 0.3) is 0 Å². The second kappa shape index (κ2) is 8.83. The first-order valence-corrected chi connectivity index (χ1v) is 14.5. The van der Waals surface area contributed by atoms with E-state index >= 15 is 0 Å². The van der Waals surface area contributed by atoms with Crippen molar-refractivity contribution in [1.29, 1.82) is 0 Å². The Labute approximate surface area is 179 Å². The van der Waals surface area contributed by atoms with Gasteiger partial charge in [0.1, 0.15) is 18.1 Å². The minimum absolute atomic E-state index is 0.469. The molecule has 3 aromatic rings. The molecule has 0 bridgehead atoms. The summed E-state index contributed by atoms with van der Waals surface area (Å²) in [6.45, 7) is 10.4. The second-order valence-electron chi connectivity index (χ2n) is 9.34. The lowest BCUT2D eigenvalue weighted by Gasteiger charge is -2.23. The maximum absolute atomic E-state index is 6.20. The Morgan fingerprint density at radius 2 is 2.13 bits per heavy atom. The van der Waals surface area contributed by atoms with Gasteiger partial charge in [0.2, 0.25) is 0 Å². The van der Waals surface area contributed by atoms with Crippen LogP contribution in [0.15, 0.2) is 30.7 Å². The van der Waals surface area contributed by atoms with E-state index in [1.54, 1.807) is 6.20 Å². The summed E-state index contributed by atoms with van der Waals surface area (Å²) in [6, 6.07) is 5.26. The maximum atomic E-state index is 6.20. The number of nitrogen functional groups attached to an aromatic ring is 1. The van der Waals surface area contributed by atoms with Crippen molar-refractivity contribution in [3.05, 3.63) is 36.3 Å². The third-order valence-electron chi connectivity index (χ3n) is 5.67. The number of rotatable bonds is 7. The van der Waals surface area contributed by atoms with Gasteiger partial charge in [-0.3, -0.25) is 0 Å². The molecule has 160 valence electrons. The van der Waals surface area contributed by atoms with Crippen LogP contribution in [-0.2, 0) is 11.5 Å². The van der Waals surface area contributed by atoms with Gasteiger partial charge in [0, 0.05) is 39.2 Å². The topological polar surface area (TPSA) is 90.9 Å². The molecule has 4 rings (SSSR count). The highest BCUT2D eigenvalue weighted by Crippen LogP contribution is 2.30. The zero-order chi connectivity index (χ0) is 21.1. The average molecular weight is 425 g/mol. The van der Waals surface area contributed by atoms with Gasteiger partial charge >= 0.3 is 0 Å². The molecule has 0 radical (unpaired) electrons. The first kappa shape index (κ1) is 21.0. The van der Waals surface area contributed by atoms with Crippen molar-refractivity contribution in [3.8, 4) is 11.3 Å². The summed E-state index contributed by atoms with van der Waals surface area (Å²) in [6.07, 6.45) is 8.02. The average Bonchev–Trinajstić information content (AvgIpc) is 3.14. The molecule has 1 aliphatic heterocycles. The Bertz CT molecular complexity index is 1010. The summed E-state index contributed by atoms with van der Waals surface area (Å²) < 4.78 is 7.88. The van der Waals surface area contributed by atoms with Crippen molar-refractivity contribution in [2.45, 2.75) is 51.2 Å². The van der Waals surface area contributed by atoms with Gasteiger partial charge in [-0.05, 0) is 49.0 Å². The monoisotopic (exact) mass is 424 g/mol. The van der Waals surface area contributed by atoms with E-state index in [1.165, 1.54) is 18.4 Å². The minimum Gasteiger partial charge on any atom is -0.383 e. The largest absolute Gasteiger partial charge is 0.383 e. The highest BCUT2D eigenvalue weighted by molar-refractivity contribution is 6.76. The van der Waals surface area contributed by atoms with Crippen LogP contribution < -0.4 is 11.1 Å². The van der Waals surface area contributed by atoms with Crippen molar-refractivity contribution in [2.24, 2.45) is 0 Å². The Balaban J connectivity index is 1.53. The van der Waals surface area contributed by atoms with Crippen LogP contribution in [0.25, 0.3) is 22.4 Å². The predicted octanol–water partition coefficient (Wildman–Crippen LogP) is 3.85. The molecule has 8 heteroatoms. The predicted molar refractivity (Wildman–Crippen MR) is 124 cm³/mol. The Morgan fingerprint density at radius 1 is 1.27 bits per heavy atom. The lowest BCUT2D eigenvalue weighted by Crippen LogP contribution is -2.28. The first-order valence-electron chi connectivity index (χ1n) is 10.8. The number of pyridine rings is 1. The van der Waals surface area contributed by atoms with Crippen molar-refractivity contribution in [2.75, 3.05) is 25.4 Å². The van der Waals surface area contributed by atoms with Crippen LogP contribution >= 0.6 is 0 Å². The zero-order valence-electron chi connectivity index (χ0n) is 18.2. The number of nitrogens with two attached hydrogens (primary N) is 1. The summed E-state index contributed by atoms with van der Waals surface area (Å²) in [7, 11) is -1.08. The number of anilines is 1. The van der Waals surface area contributed by atoms with Gasteiger partial charge in [-0.25, -0.2) is 15.0 Å². The highest BCUT2D eigenvalue weighted by Gasteiger charge is 2.18. The molecule has 0 aromatic carbocycles. The quantitative estimate of drug-likeness (QED) is 0.442. The molecule has 3 aromatic heterocycles. The van der Waals surface area contributed by atoms with Crippen molar-refractivity contribution in [1.82, 2.24) is 24.8 Å². The number of hydrogen-bond donors (Lipinski definition) is 2. The number of nitrogens with zero attached hydrogens (tertiary/aromatic N) is 4. The highest BCUT2D eigenvalue weighted by atomic mass is 28.3. The summed E-state index contributed by atoms with van der Waals surface area (Å²) in [4.78, 5) is 13.9. The Kier molecular flexibility index (Phi) is 6.17. The molecule has 1 fully saturated rings. The van der Waals surface area contributed by atoms with E-state index in [9.17, 15) is 0 Å². The summed E-state index contributed by atoms with van der Waals surface area (Å²) in [5.41, 5.74) is 10.7. The smallest absolute Gasteiger partial charge is 0.160 e. The molecule has 30 heavy (non-hydrogen) atoms. The molecule has 0 amide bonds. The first-order chi connectivity index (χ1) is 14.4. The number of aromatic nitrogens is 4. The number of nitrogens with one attached hydrogen (secondary N) is 1. The lowest BCUT2D eigenvalue weighted by molar-refractivity contribution is 0.0899. The number of hydrogen-bond acceptors (Lipinski definition) is 6. The van der Waals surface area contributed by atoms with E-state index in [-0.39, 0.29) is 0 Å². The molecule has 0 saturated carbocycles. The molecule has 3 N–H and O–H groups in total. The van der Waals surface area contributed by atoms with Crippen molar-refractivity contribution < 1.29 is 4.74 Å². The fourth-order valence-corrected chi connectivity index (χ4v) is 4.55. The van der Waals surface area contributed by atoms with Gasteiger partial charge in [-0.2, -0.15) is 0 Å². The van der Waals surface area contributed by atoms with E-state index in [1.807, 2.05) is 23.0 Å². The molecular weight excluding hydrogens is 392 g/mol. The second-order valence-corrected chi connectivity index (χ2v) is 15.0. The zero-order valence-corrected chi connectivity index (χ0v) is 19.2. The SMILES string of the molecule is C[Si](C)(C)CCOCn1ccc2nc(-c3cc(C4CCCNC4)cnc3N)cnc21. The van der Waals surface area contributed by atoms with Gasteiger partial charge in [0.05, 0.1) is 11.9 Å². The number of ether oxygens (including phenoxy) is 1. The minimum atomic E-state index is -1.08. The van der Waals surface area contributed by atoms with Gasteiger partial charge in [-0.1, -0.05) is 19.6 Å². The lowest BCUT2D eigenvalue weighted by atomic mass is 9.91. The standard InChI is InChI=1S/C22H32N6OSi/c1-30(2,3)10-9-29-15-28-8-6-19-22(28)26-14-20(27-19)18-11-17(13-25-21(18)23)16-5-4-7-24-12-16/h6,8,11,13-14,16,24H,4-5,7,9-10,12,15H2,1-3H3,(H2,23,25). The van der Waals surface area contributed by atoms with E-state index in [0.717, 1.165) is 48.2 Å². The van der Waals surface area contributed by atoms with Crippen molar-refractivity contribution in [3.63, 3.8) is 0 Å². The third-order valence-corrected chi connectivity index (χ3v) is 7.38. The van der Waals surface area contributed by atoms with Crippen LogP contribution in [0, 0.1) is 0 Å². The molecule has 7 nitrogen and oxygen atoms in total.